The molecule has 0 aliphatic heterocycles. The van der Waals surface area contributed by atoms with E-state index in [4.69, 9.17) is 9.47 Å². The van der Waals surface area contributed by atoms with Gasteiger partial charge in [-0.1, -0.05) is 30.3 Å². The SMILES string of the molecule is CC(C)(C)OC(=O)/C=C(\NCc1ccccc1)C(=O)OC(C)(C)C. The Hall–Kier alpha value is -2.30. The Labute approximate surface area is 144 Å². The Bertz CT molecular complexity index is 592. The molecule has 0 radical (unpaired) electrons. The lowest BCUT2D eigenvalue weighted by molar-refractivity contribution is -0.153. The van der Waals surface area contributed by atoms with Crippen molar-refractivity contribution in [3.05, 3.63) is 47.7 Å². The number of esters is 2. The van der Waals surface area contributed by atoms with Gasteiger partial charge in [0.05, 0.1) is 6.08 Å². The van der Waals surface area contributed by atoms with Crippen molar-refractivity contribution in [3.8, 4) is 0 Å². The second-order valence-corrected chi connectivity index (χ2v) is 7.43. The fourth-order valence-electron chi connectivity index (χ4n) is 1.76. The van der Waals surface area contributed by atoms with Crippen LogP contribution in [0.1, 0.15) is 47.1 Å². The first-order valence-corrected chi connectivity index (χ1v) is 7.92. The van der Waals surface area contributed by atoms with Crippen molar-refractivity contribution in [2.75, 3.05) is 0 Å². The van der Waals surface area contributed by atoms with Gasteiger partial charge in [0.2, 0.25) is 0 Å². The van der Waals surface area contributed by atoms with Crippen LogP contribution in [0.15, 0.2) is 42.1 Å². The van der Waals surface area contributed by atoms with E-state index in [0.717, 1.165) is 11.6 Å². The summed E-state index contributed by atoms with van der Waals surface area (Å²) >= 11 is 0. The van der Waals surface area contributed by atoms with Crippen LogP contribution in [0.2, 0.25) is 0 Å². The monoisotopic (exact) mass is 333 g/mol. The molecule has 5 nitrogen and oxygen atoms in total. The maximum Gasteiger partial charge on any atom is 0.355 e. The third kappa shape index (κ3) is 8.36. The fourth-order valence-corrected chi connectivity index (χ4v) is 1.76. The molecule has 0 aliphatic carbocycles. The first kappa shape index (κ1) is 19.7. The summed E-state index contributed by atoms with van der Waals surface area (Å²) in [7, 11) is 0. The van der Waals surface area contributed by atoms with Crippen molar-refractivity contribution in [2.24, 2.45) is 0 Å². The topological polar surface area (TPSA) is 64.6 Å². The molecule has 0 atom stereocenters. The summed E-state index contributed by atoms with van der Waals surface area (Å²) in [6.45, 7) is 11.0. The Morgan fingerprint density at radius 3 is 2.00 bits per heavy atom. The van der Waals surface area contributed by atoms with E-state index in [2.05, 4.69) is 5.32 Å². The highest BCUT2D eigenvalue weighted by molar-refractivity contribution is 5.96. The van der Waals surface area contributed by atoms with E-state index in [9.17, 15) is 9.59 Å². The lowest BCUT2D eigenvalue weighted by Crippen LogP contribution is -2.31. The molecule has 0 bridgehead atoms. The van der Waals surface area contributed by atoms with Crippen LogP contribution >= 0.6 is 0 Å². The fraction of sp³-hybridized carbons (Fsp3) is 0.474. The normalized spacial score (nSPS) is 12.5. The van der Waals surface area contributed by atoms with Crippen molar-refractivity contribution in [1.29, 1.82) is 0 Å². The number of nitrogens with one attached hydrogen (secondary N) is 1. The Morgan fingerprint density at radius 2 is 1.50 bits per heavy atom. The molecule has 0 unspecified atom stereocenters. The number of rotatable bonds is 5. The maximum absolute atomic E-state index is 12.3. The van der Waals surface area contributed by atoms with Crippen LogP contribution in [0.4, 0.5) is 0 Å². The molecule has 0 saturated heterocycles. The molecule has 0 saturated carbocycles. The lowest BCUT2D eigenvalue weighted by atomic mass is 10.2. The Kier molecular flexibility index (Phi) is 6.58. The Balaban J connectivity index is 2.89. The van der Waals surface area contributed by atoms with E-state index < -0.39 is 23.1 Å². The zero-order valence-corrected chi connectivity index (χ0v) is 15.3. The molecule has 0 fully saturated rings. The number of hydrogen-bond donors (Lipinski definition) is 1. The van der Waals surface area contributed by atoms with Gasteiger partial charge in [-0.2, -0.15) is 0 Å². The maximum atomic E-state index is 12.3. The van der Waals surface area contributed by atoms with Crippen LogP contribution in [0.5, 0.6) is 0 Å². The van der Waals surface area contributed by atoms with E-state index in [1.807, 2.05) is 30.3 Å². The van der Waals surface area contributed by atoms with Gasteiger partial charge in [0.25, 0.3) is 0 Å². The van der Waals surface area contributed by atoms with Gasteiger partial charge in [-0.25, -0.2) is 9.59 Å². The minimum atomic E-state index is -0.654. The van der Waals surface area contributed by atoms with Crippen LogP contribution in [0.3, 0.4) is 0 Å². The molecule has 1 aromatic carbocycles. The predicted octanol–water partition coefficient (Wildman–Crippen LogP) is 3.34. The van der Waals surface area contributed by atoms with Crippen molar-refractivity contribution >= 4 is 11.9 Å². The van der Waals surface area contributed by atoms with E-state index in [-0.39, 0.29) is 5.70 Å². The third-order valence-corrected chi connectivity index (χ3v) is 2.61. The number of carbonyl (C=O) groups is 2. The van der Waals surface area contributed by atoms with E-state index in [1.54, 1.807) is 41.5 Å². The van der Waals surface area contributed by atoms with Gasteiger partial charge in [0, 0.05) is 6.54 Å². The minimum Gasteiger partial charge on any atom is -0.457 e. The first-order valence-electron chi connectivity index (χ1n) is 7.92. The van der Waals surface area contributed by atoms with Crippen LogP contribution in [0, 0.1) is 0 Å². The molecule has 24 heavy (non-hydrogen) atoms. The summed E-state index contributed by atoms with van der Waals surface area (Å²) in [4.78, 5) is 24.3. The van der Waals surface area contributed by atoms with Crippen LogP contribution < -0.4 is 5.32 Å². The van der Waals surface area contributed by atoms with Gasteiger partial charge < -0.3 is 14.8 Å². The standard InChI is InChI=1S/C19H27NO4/c1-18(2,3)23-16(21)12-15(17(22)24-19(4,5)6)20-13-14-10-8-7-9-11-14/h7-12,20H,13H2,1-6H3/b15-12-. The highest BCUT2D eigenvalue weighted by Gasteiger charge is 2.22. The molecule has 1 aromatic rings. The average Bonchev–Trinajstić information content (AvgIpc) is 2.40. The molecular formula is C19H27NO4. The lowest BCUT2D eigenvalue weighted by Gasteiger charge is -2.22. The van der Waals surface area contributed by atoms with Crippen LogP contribution in [0.25, 0.3) is 0 Å². The second kappa shape index (κ2) is 7.99. The van der Waals surface area contributed by atoms with Crippen LogP contribution in [-0.2, 0) is 25.6 Å². The molecule has 0 amide bonds. The largest absolute Gasteiger partial charge is 0.457 e. The Morgan fingerprint density at radius 1 is 0.958 bits per heavy atom. The number of benzene rings is 1. The van der Waals surface area contributed by atoms with Crippen molar-refractivity contribution in [3.63, 3.8) is 0 Å². The molecule has 0 aliphatic rings. The first-order chi connectivity index (χ1) is 11.0. The quantitative estimate of drug-likeness (QED) is 0.661. The molecule has 0 heterocycles. The summed E-state index contributed by atoms with van der Waals surface area (Å²) in [5.74, 6) is -1.19. The van der Waals surface area contributed by atoms with Gasteiger partial charge in [-0.05, 0) is 47.1 Å². The molecule has 132 valence electrons. The zero-order chi connectivity index (χ0) is 18.4. The van der Waals surface area contributed by atoms with Gasteiger partial charge in [-0.15, -0.1) is 0 Å². The summed E-state index contributed by atoms with van der Waals surface area (Å²) in [5.41, 5.74) is -0.232. The average molecular weight is 333 g/mol. The molecule has 0 spiro atoms. The van der Waals surface area contributed by atoms with Gasteiger partial charge in [0.1, 0.15) is 16.9 Å². The molecule has 5 heteroatoms. The zero-order valence-electron chi connectivity index (χ0n) is 15.3. The van der Waals surface area contributed by atoms with Crippen LogP contribution in [-0.4, -0.2) is 23.1 Å². The van der Waals surface area contributed by atoms with E-state index in [1.165, 1.54) is 0 Å². The summed E-state index contributed by atoms with van der Waals surface area (Å²) < 4.78 is 10.6. The van der Waals surface area contributed by atoms with E-state index >= 15 is 0 Å². The number of ether oxygens (including phenoxy) is 2. The van der Waals surface area contributed by atoms with Crippen molar-refractivity contribution in [2.45, 2.75) is 59.3 Å². The number of hydrogen-bond acceptors (Lipinski definition) is 5. The van der Waals surface area contributed by atoms with Gasteiger partial charge in [-0.3, -0.25) is 0 Å². The van der Waals surface area contributed by atoms with Crippen molar-refractivity contribution < 1.29 is 19.1 Å². The minimum absolute atomic E-state index is 0.0722. The smallest absolute Gasteiger partial charge is 0.355 e. The summed E-state index contributed by atoms with van der Waals surface area (Å²) in [6, 6.07) is 9.57. The second-order valence-electron chi connectivity index (χ2n) is 7.43. The summed E-state index contributed by atoms with van der Waals surface area (Å²) in [5, 5.41) is 2.96. The predicted molar refractivity (Wildman–Crippen MR) is 93.1 cm³/mol. The molecule has 1 N–H and O–H groups in total. The highest BCUT2D eigenvalue weighted by Crippen LogP contribution is 2.12. The van der Waals surface area contributed by atoms with Crippen molar-refractivity contribution in [1.82, 2.24) is 5.32 Å². The number of carbonyl (C=O) groups excluding carboxylic acids is 2. The van der Waals surface area contributed by atoms with Gasteiger partial charge >= 0.3 is 11.9 Å². The van der Waals surface area contributed by atoms with Gasteiger partial charge in [0.15, 0.2) is 0 Å². The summed E-state index contributed by atoms with van der Waals surface area (Å²) in [6.07, 6.45) is 1.14. The molecule has 1 rings (SSSR count). The van der Waals surface area contributed by atoms with E-state index in [0.29, 0.717) is 6.54 Å². The molecule has 0 aromatic heterocycles. The molecular weight excluding hydrogens is 306 g/mol. The third-order valence-electron chi connectivity index (χ3n) is 2.61. The highest BCUT2D eigenvalue weighted by atomic mass is 16.6.